The van der Waals surface area contributed by atoms with Crippen LogP contribution >= 0.6 is 45.2 Å². The molecule has 21 heavy (non-hydrogen) atoms. The van der Waals surface area contributed by atoms with E-state index in [0.717, 1.165) is 12.7 Å². The minimum Gasteiger partial charge on any atom is -0.424 e. The number of esters is 1. The molecule has 5 nitrogen and oxygen atoms in total. The highest BCUT2D eigenvalue weighted by Gasteiger charge is 2.18. The molecule has 0 aliphatic carbocycles. The van der Waals surface area contributed by atoms with Crippen LogP contribution in [0.25, 0.3) is 0 Å². The van der Waals surface area contributed by atoms with Crippen LogP contribution in [0.2, 0.25) is 0 Å². The molecule has 1 aromatic rings. The maximum Gasteiger partial charge on any atom is 0.308 e. The SMILES string of the molecule is CC(=O)N[C@H](Cc1cc(I)c(OC(C)=O)c(I)c1)C(C)=O. The van der Waals surface area contributed by atoms with E-state index < -0.39 is 6.04 Å². The summed E-state index contributed by atoms with van der Waals surface area (Å²) in [6.07, 6.45) is 0.404. The van der Waals surface area contributed by atoms with Gasteiger partial charge in [0.05, 0.1) is 13.2 Å². The number of rotatable bonds is 5. The van der Waals surface area contributed by atoms with Crippen molar-refractivity contribution in [1.29, 1.82) is 0 Å². The van der Waals surface area contributed by atoms with Crippen molar-refractivity contribution in [3.63, 3.8) is 0 Å². The van der Waals surface area contributed by atoms with Crippen LogP contribution in [0.1, 0.15) is 26.3 Å². The van der Waals surface area contributed by atoms with E-state index in [1.807, 2.05) is 12.1 Å². The Morgan fingerprint density at radius 1 is 1.14 bits per heavy atom. The van der Waals surface area contributed by atoms with Gasteiger partial charge < -0.3 is 10.1 Å². The molecule has 0 heterocycles. The lowest BCUT2D eigenvalue weighted by atomic mass is 10.0. The molecule has 0 saturated carbocycles. The number of hydrogen-bond acceptors (Lipinski definition) is 4. The molecule has 1 rings (SSSR count). The normalized spacial score (nSPS) is 11.7. The molecule has 0 saturated heterocycles. The molecule has 1 aromatic carbocycles. The van der Waals surface area contributed by atoms with Crippen molar-refractivity contribution in [1.82, 2.24) is 5.32 Å². The standard InChI is InChI=1S/C14H15I2NO4/c1-7(18)13(17-8(2)19)6-10-4-11(15)14(12(16)5-10)21-9(3)20/h4-5,13H,6H2,1-3H3,(H,17,19)/t13-/m1/s1. The zero-order chi connectivity index (χ0) is 16.2. The van der Waals surface area contributed by atoms with E-state index in [2.05, 4.69) is 50.5 Å². The maximum atomic E-state index is 11.6. The van der Waals surface area contributed by atoms with Crippen LogP contribution in [0.5, 0.6) is 5.75 Å². The highest BCUT2D eigenvalue weighted by Crippen LogP contribution is 2.29. The van der Waals surface area contributed by atoms with Crippen LogP contribution in [-0.2, 0) is 20.8 Å². The van der Waals surface area contributed by atoms with E-state index >= 15 is 0 Å². The van der Waals surface area contributed by atoms with Crippen LogP contribution in [0, 0.1) is 7.14 Å². The van der Waals surface area contributed by atoms with Crippen molar-refractivity contribution in [2.75, 3.05) is 0 Å². The number of amides is 1. The van der Waals surface area contributed by atoms with Gasteiger partial charge in [0.2, 0.25) is 5.91 Å². The summed E-state index contributed by atoms with van der Waals surface area (Å²) in [7, 11) is 0. The van der Waals surface area contributed by atoms with Crippen LogP contribution in [0.4, 0.5) is 0 Å². The fourth-order valence-corrected chi connectivity index (χ4v) is 3.87. The smallest absolute Gasteiger partial charge is 0.308 e. The summed E-state index contributed by atoms with van der Waals surface area (Å²) in [5, 5.41) is 2.63. The van der Waals surface area contributed by atoms with E-state index in [9.17, 15) is 14.4 Å². The molecule has 0 radical (unpaired) electrons. The predicted octanol–water partition coefficient (Wildman–Crippen LogP) is 2.46. The molecule has 0 aliphatic rings. The van der Waals surface area contributed by atoms with Gasteiger partial charge in [0.15, 0.2) is 11.5 Å². The lowest BCUT2D eigenvalue weighted by Gasteiger charge is -2.16. The number of ketones is 1. The number of ether oxygens (including phenoxy) is 1. The second kappa shape index (κ2) is 8.06. The van der Waals surface area contributed by atoms with Crippen molar-refractivity contribution in [3.8, 4) is 5.75 Å². The first-order valence-electron chi connectivity index (χ1n) is 6.14. The second-order valence-corrected chi connectivity index (χ2v) is 6.87. The van der Waals surface area contributed by atoms with Gasteiger partial charge in [-0.05, 0) is 76.2 Å². The molecule has 1 amide bonds. The molecule has 0 aromatic heterocycles. The van der Waals surface area contributed by atoms with Gasteiger partial charge in [-0.25, -0.2) is 0 Å². The van der Waals surface area contributed by atoms with Crippen molar-refractivity contribution >= 4 is 62.8 Å². The molecule has 7 heteroatoms. The average Bonchev–Trinajstić information content (AvgIpc) is 2.32. The van der Waals surface area contributed by atoms with Gasteiger partial charge in [0.1, 0.15) is 0 Å². The largest absolute Gasteiger partial charge is 0.424 e. The van der Waals surface area contributed by atoms with Crippen molar-refractivity contribution < 1.29 is 19.1 Å². The highest BCUT2D eigenvalue weighted by molar-refractivity contribution is 14.1. The highest BCUT2D eigenvalue weighted by atomic mass is 127. The van der Waals surface area contributed by atoms with Crippen molar-refractivity contribution in [2.24, 2.45) is 0 Å². The predicted molar refractivity (Wildman–Crippen MR) is 95.2 cm³/mol. The summed E-state index contributed by atoms with van der Waals surface area (Å²) < 4.78 is 6.73. The van der Waals surface area contributed by atoms with Crippen LogP contribution in [0.15, 0.2) is 12.1 Å². The summed E-state index contributed by atoms with van der Waals surface area (Å²) in [6.45, 7) is 4.18. The van der Waals surface area contributed by atoms with Crippen LogP contribution in [0.3, 0.4) is 0 Å². The van der Waals surface area contributed by atoms with E-state index in [4.69, 9.17) is 4.74 Å². The van der Waals surface area contributed by atoms with Crippen LogP contribution < -0.4 is 10.1 Å². The number of benzene rings is 1. The lowest BCUT2D eigenvalue weighted by Crippen LogP contribution is -2.40. The summed E-state index contributed by atoms with van der Waals surface area (Å²) in [4.78, 5) is 33.8. The maximum absolute atomic E-state index is 11.6. The van der Waals surface area contributed by atoms with Gasteiger partial charge in [0, 0.05) is 13.8 Å². The fraction of sp³-hybridized carbons (Fsp3) is 0.357. The monoisotopic (exact) mass is 515 g/mol. The summed E-state index contributed by atoms with van der Waals surface area (Å²) in [5.41, 5.74) is 0.897. The Kier molecular flexibility index (Phi) is 7.04. The molecule has 114 valence electrons. The van der Waals surface area contributed by atoms with Gasteiger partial charge in [-0.2, -0.15) is 0 Å². The van der Waals surface area contributed by atoms with E-state index in [1.165, 1.54) is 20.8 Å². The Balaban J connectivity index is 3.01. The molecule has 0 bridgehead atoms. The Labute approximate surface area is 150 Å². The Bertz CT molecular complexity index is 563. The van der Waals surface area contributed by atoms with Gasteiger partial charge in [-0.3, -0.25) is 14.4 Å². The third-order valence-corrected chi connectivity index (χ3v) is 4.21. The van der Waals surface area contributed by atoms with Gasteiger partial charge >= 0.3 is 5.97 Å². The van der Waals surface area contributed by atoms with E-state index in [0.29, 0.717) is 12.2 Å². The van der Waals surface area contributed by atoms with Gasteiger partial charge in [-0.15, -0.1) is 0 Å². The topological polar surface area (TPSA) is 72.5 Å². The molecule has 1 N–H and O–H groups in total. The first-order valence-corrected chi connectivity index (χ1v) is 8.30. The van der Waals surface area contributed by atoms with E-state index in [-0.39, 0.29) is 17.7 Å². The number of hydrogen-bond donors (Lipinski definition) is 1. The zero-order valence-corrected chi connectivity index (χ0v) is 16.1. The zero-order valence-electron chi connectivity index (χ0n) is 11.8. The average molecular weight is 515 g/mol. The Hall–Kier alpha value is -0.710. The van der Waals surface area contributed by atoms with Crippen molar-refractivity contribution in [2.45, 2.75) is 33.2 Å². The van der Waals surface area contributed by atoms with Gasteiger partial charge in [-0.1, -0.05) is 0 Å². The molecular weight excluding hydrogens is 500 g/mol. The molecule has 0 spiro atoms. The number of Topliss-reactive ketones (excluding diaryl/α,β-unsaturated/α-hetero) is 1. The fourth-order valence-electron chi connectivity index (χ4n) is 1.75. The summed E-state index contributed by atoms with van der Waals surface area (Å²) in [5.74, 6) is -0.194. The lowest BCUT2D eigenvalue weighted by molar-refractivity contribution is -0.132. The quantitative estimate of drug-likeness (QED) is 0.372. The molecule has 0 fully saturated rings. The number of halogens is 2. The Morgan fingerprint density at radius 2 is 1.67 bits per heavy atom. The number of carbonyl (C=O) groups excluding carboxylic acids is 3. The molecule has 1 atom stereocenters. The van der Waals surface area contributed by atoms with Crippen LogP contribution in [-0.4, -0.2) is 23.7 Å². The molecular formula is C14H15I2NO4. The van der Waals surface area contributed by atoms with Crippen molar-refractivity contribution in [3.05, 3.63) is 24.8 Å². The summed E-state index contributed by atoms with van der Waals surface area (Å²) >= 11 is 4.16. The third kappa shape index (κ3) is 5.89. The van der Waals surface area contributed by atoms with Gasteiger partial charge in [0.25, 0.3) is 0 Å². The number of nitrogens with one attached hydrogen (secondary N) is 1. The second-order valence-electron chi connectivity index (χ2n) is 4.55. The third-order valence-electron chi connectivity index (χ3n) is 2.61. The Morgan fingerprint density at radius 3 is 2.05 bits per heavy atom. The first kappa shape index (κ1) is 18.3. The van der Waals surface area contributed by atoms with E-state index in [1.54, 1.807) is 0 Å². The minimum absolute atomic E-state index is 0.0979. The minimum atomic E-state index is -0.548. The summed E-state index contributed by atoms with van der Waals surface area (Å²) in [6, 6.07) is 3.14. The molecule has 0 unspecified atom stereocenters. The number of carbonyl (C=O) groups is 3. The first-order chi connectivity index (χ1) is 9.70. The molecule has 0 aliphatic heterocycles.